The molecule has 94 valence electrons. The minimum absolute atomic E-state index is 0.0663. The number of hydrogen-bond donors (Lipinski definition) is 1. The van der Waals surface area contributed by atoms with E-state index in [0.717, 1.165) is 28.8 Å². The van der Waals surface area contributed by atoms with Crippen molar-refractivity contribution < 1.29 is 4.79 Å². The molecule has 1 heterocycles. The Morgan fingerprint density at radius 1 is 1.33 bits per heavy atom. The van der Waals surface area contributed by atoms with E-state index in [9.17, 15) is 4.79 Å². The number of hydrogen-bond acceptors (Lipinski definition) is 3. The number of fused-ring (bicyclic) bond motifs is 1. The number of benzene rings is 1. The first-order valence-electron chi connectivity index (χ1n) is 6.04. The van der Waals surface area contributed by atoms with Crippen molar-refractivity contribution in [3.8, 4) is 0 Å². The van der Waals surface area contributed by atoms with Crippen LogP contribution in [0, 0.1) is 0 Å². The molecule has 18 heavy (non-hydrogen) atoms. The Morgan fingerprint density at radius 3 is 3.00 bits per heavy atom. The van der Waals surface area contributed by atoms with Gasteiger partial charge in [0, 0.05) is 18.1 Å². The fraction of sp³-hybridized carbons (Fsp3) is 0.286. The lowest BCUT2D eigenvalue weighted by Gasteiger charge is -2.05. The van der Waals surface area contributed by atoms with Gasteiger partial charge in [-0.1, -0.05) is 43.0 Å². The Morgan fingerprint density at radius 2 is 2.17 bits per heavy atom. The summed E-state index contributed by atoms with van der Waals surface area (Å²) in [5.74, 6) is 0.484. The number of carbonyl (C=O) groups is 1. The predicted octanol–water partition coefficient (Wildman–Crippen LogP) is 2.85. The van der Waals surface area contributed by atoms with Crippen LogP contribution in [0.15, 0.2) is 41.6 Å². The number of carbonyl (C=O) groups excluding carboxylic acids is 1. The standard InChI is InChI=1S/C14H16N2OS/c1-2-8-15-13(17)10-18-14-12-6-4-3-5-11(12)7-9-16-14/h3-7,9H,2,8,10H2,1H3,(H,15,17). The molecule has 0 spiro atoms. The largest absolute Gasteiger partial charge is 0.355 e. The van der Waals surface area contributed by atoms with Crippen molar-refractivity contribution in [2.75, 3.05) is 12.3 Å². The zero-order valence-electron chi connectivity index (χ0n) is 10.3. The normalized spacial score (nSPS) is 10.5. The molecule has 1 amide bonds. The molecule has 0 fully saturated rings. The van der Waals surface area contributed by atoms with Crippen molar-refractivity contribution in [2.45, 2.75) is 18.4 Å². The number of pyridine rings is 1. The van der Waals surface area contributed by atoms with Crippen LogP contribution in [-0.2, 0) is 4.79 Å². The summed E-state index contributed by atoms with van der Waals surface area (Å²) in [6.07, 6.45) is 2.75. The maximum Gasteiger partial charge on any atom is 0.230 e. The van der Waals surface area contributed by atoms with Crippen molar-refractivity contribution in [2.24, 2.45) is 0 Å². The second-order valence-electron chi connectivity index (χ2n) is 3.98. The summed E-state index contributed by atoms with van der Waals surface area (Å²) in [7, 11) is 0. The zero-order valence-corrected chi connectivity index (χ0v) is 11.2. The quantitative estimate of drug-likeness (QED) is 0.841. The van der Waals surface area contributed by atoms with Gasteiger partial charge in [-0.25, -0.2) is 4.98 Å². The lowest BCUT2D eigenvalue weighted by molar-refractivity contribution is -0.118. The predicted molar refractivity (Wildman–Crippen MR) is 75.8 cm³/mol. The van der Waals surface area contributed by atoms with Crippen LogP contribution in [0.3, 0.4) is 0 Å². The van der Waals surface area contributed by atoms with Crippen LogP contribution in [-0.4, -0.2) is 23.2 Å². The molecule has 0 unspecified atom stereocenters. The highest BCUT2D eigenvalue weighted by molar-refractivity contribution is 8.00. The Bertz CT molecular complexity index is 537. The van der Waals surface area contributed by atoms with Crippen molar-refractivity contribution in [1.29, 1.82) is 0 Å². The number of nitrogens with zero attached hydrogens (tertiary/aromatic N) is 1. The minimum Gasteiger partial charge on any atom is -0.355 e. The van der Waals surface area contributed by atoms with Gasteiger partial charge in [-0.05, 0) is 17.9 Å². The van der Waals surface area contributed by atoms with Crippen LogP contribution < -0.4 is 5.32 Å². The lowest BCUT2D eigenvalue weighted by Crippen LogP contribution is -2.25. The van der Waals surface area contributed by atoms with Crippen molar-refractivity contribution in [1.82, 2.24) is 10.3 Å². The molecule has 1 aromatic heterocycles. The van der Waals surface area contributed by atoms with Gasteiger partial charge in [0.05, 0.1) is 5.75 Å². The SMILES string of the molecule is CCCNC(=O)CSc1nccc2ccccc12. The summed E-state index contributed by atoms with van der Waals surface area (Å²) >= 11 is 1.49. The van der Waals surface area contributed by atoms with Crippen LogP contribution in [0.4, 0.5) is 0 Å². The van der Waals surface area contributed by atoms with E-state index >= 15 is 0 Å². The molecular formula is C14H16N2OS. The molecule has 0 aliphatic rings. The number of amides is 1. The van der Waals surface area contributed by atoms with E-state index in [2.05, 4.69) is 16.4 Å². The summed E-state index contributed by atoms with van der Waals surface area (Å²) in [5.41, 5.74) is 0. The average Bonchev–Trinajstić information content (AvgIpc) is 2.42. The highest BCUT2D eigenvalue weighted by atomic mass is 32.2. The number of aromatic nitrogens is 1. The van der Waals surface area contributed by atoms with E-state index in [0.29, 0.717) is 5.75 Å². The van der Waals surface area contributed by atoms with E-state index in [-0.39, 0.29) is 5.91 Å². The maximum absolute atomic E-state index is 11.6. The molecule has 2 rings (SSSR count). The highest BCUT2D eigenvalue weighted by Gasteiger charge is 2.06. The molecule has 0 atom stereocenters. The Kier molecular flexibility index (Phi) is 4.59. The molecule has 0 radical (unpaired) electrons. The van der Waals surface area contributed by atoms with Crippen LogP contribution in [0.5, 0.6) is 0 Å². The summed E-state index contributed by atoms with van der Waals surface area (Å²) in [5, 5.41) is 6.04. The molecule has 0 saturated heterocycles. The topological polar surface area (TPSA) is 42.0 Å². The van der Waals surface area contributed by atoms with E-state index in [1.54, 1.807) is 6.20 Å². The third-order valence-corrected chi connectivity index (χ3v) is 3.55. The van der Waals surface area contributed by atoms with Gasteiger partial charge in [0.25, 0.3) is 0 Å². The van der Waals surface area contributed by atoms with Crippen LogP contribution in [0.1, 0.15) is 13.3 Å². The molecule has 4 heteroatoms. The maximum atomic E-state index is 11.6. The minimum atomic E-state index is 0.0663. The van der Waals surface area contributed by atoms with Gasteiger partial charge >= 0.3 is 0 Å². The summed E-state index contributed by atoms with van der Waals surface area (Å²) < 4.78 is 0. The van der Waals surface area contributed by atoms with Crippen LogP contribution in [0.2, 0.25) is 0 Å². The fourth-order valence-electron chi connectivity index (χ4n) is 1.66. The molecule has 3 nitrogen and oxygen atoms in total. The fourth-order valence-corrected chi connectivity index (χ4v) is 2.50. The summed E-state index contributed by atoms with van der Waals surface area (Å²) in [6.45, 7) is 2.78. The average molecular weight is 260 g/mol. The van der Waals surface area contributed by atoms with Gasteiger partial charge in [0.2, 0.25) is 5.91 Å². The Labute approximate surface area is 111 Å². The molecule has 0 bridgehead atoms. The van der Waals surface area contributed by atoms with Crippen molar-refractivity contribution >= 4 is 28.4 Å². The van der Waals surface area contributed by atoms with Gasteiger partial charge < -0.3 is 5.32 Å². The van der Waals surface area contributed by atoms with Gasteiger partial charge in [-0.2, -0.15) is 0 Å². The molecule has 0 aliphatic carbocycles. The van der Waals surface area contributed by atoms with Crippen LogP contribution >= 0.6 is 11.8 Å². The zero-order chi connectivity index (χ0) is 12.8. The van der Waals surface area contributed by atoms with E-state index in [4.69, 9.17) is 0 Å². The first-order valence-corrected chi connectivity index (χ1v) is 7.03. The monoisotopic (exact) mass is 260 g/mol. The third kappa shape index (κ3) is 3.23. The number of nitrogens with one attached hydrogen (secondary N) is 1. The van der Waals surface area contributed by atoms with E-state index < -0.39 is 0 Å². The highest BCUT2D eigenvalue weighted by Crippen LogP contribution is 2.24. The summed E-state index contributed by atoms with van der Waals surface area (Å²) in [6, 6.07) is 10.1. The molecule has 0 saturated carbocycles. The number of rotatable bonds is 5. The lowest BCUT2D eigenvalue weighted by atomic mass is 10.2. The smallest absolute Gasteiger partial charge is 0.230 e. The van der Waals surface area contributed by atoms with Gasteiger partial charge in [-0.3, -0.25) is 4.79 Å². The first kappa shape index (κ1) is 12.9. The Balaban J connectivity index is 2.05. The number of thioether (sulfide) groups is 1. The molecule has 1 N–H and O–H groups in total. The van der Waals surface area contributed by atoms with Crippen molar-refractivity contribution in [3.63, 3.8) is 0 Å². The van der Waals surface area contributed by atoms with E-state index in [1.165, 1.54) is 11.8 Å². The second-order valence-corrected chi connectivity index (χ2v) is 4.94. The van der Waals surface area contributed by atoms with Crippen molar-refractivity contribution in [3.05, 3.63) is 36.5 Å². The molecular weight excluding hydrogens is 244 g/mol. The van der Waals surface area contributed by atoms with Gasteiger partial charge in [0.1, 0.15) is 5.03 Å². The van der Waals surface area contributed by atoms with E-state index in [1.807, 2.05) is 31.2 Å². The molecule has 0 aliphatic heterocycles. The van der Waals surface area contributed by atoms with Gasteiger partial charge in [-0.15, -0.1) is 0 Å². The van der Waals surface area contributed by atoms with Crippen LogP contribution in [0.25, 0.3) is 10.8 Å². The second kappa shape index (κ2) is 6.40. The molecule has 2 aromatic rings. The third-order valence-electron chi connectivity index (χ3n) is 2.55. The summed E-state index contributed by atoms with van der Waals surface area (Å²) in [4.78, 5) is 15.9. The van der Waals surface area contributed by atoms with Gasteiger partial charge in [0.15, 0.2) is 0 Å². The Hall–Kier alpha value is -1.55. The first-order chi connectivity index (χ1) is 8.81. The molecule has 1 aromatic carbocycles.